The maximum atomic E-state index is 13.5. The van der Waals surface area contributed by atoms with Gasteiger partial charge in [0.1, 0.15) is 11.6 Å². The second-order valence-corrected chi connectivity index (χ2v) is 14.0. The van der Waals surface area contributed by atoms with E-state index < -0.39 is 0 Å². The predicted molar refractivity (Wildman–Crippen MR) is 169 cm³/mol. The van der Waals surface area contributed by atoms with Crippen LogP contribution in [0.4, 0.5) is 8.78 Å². The van der Waals surface area contributed by atoms with E-state index in [0.717, 1.165) is 69.7 Å². The Bertz CT molecular complexity index is 1150. The summed E-state index contributed by atoms with van der Waals surface area (Å²) in [4.78, 5) is 5.22. The molecule has 0 saturated carbocycles. The van der Waals surface area contributed by atoms with Crippen LogP contribution in [-0.4, -0.2) is 42.5 Å². The molecule has 1 fully saturated rings. The Morgan fingerprint density at radius 3 is 1.54 bits per heavy atom. The molecule has 0 atom stereocenters. The van der Waals surface area contributed by atoms with Crippen molar-refractivity contribution in [2.45, 2.75) is 90.5 Å². The summed E-state index contributed by atoms with van der Waals surface area (Å²) < 4.78 is 27.1. The largest absolute Gasteiger partial charge is 0.301 e. The average molecular weight is 561 g/mol. The van der Waals surface area contributed by atoms with Crippen LogP contribution in [0.5, 0.6) is 0 Å². The number of halogens is 2. The summed E-state index contributed by atoms with van der Waals surface area (Å²) >= 11 is 0. The molecule has 3 aromatic carbocycles. The van der Waals surface area contributed by atoms with E-state index in [1.807, 2.05) is 24.3 Å². The molecule has 2 nitrogen and oxygen atoms in total. The van der Waals surface area contributed by atoms with Crippen molar-refractivity contribution in [3.05, 3.63) is 106 Å². The van der Waals surface area contributed by atoms with Gasteiger partial charge in [-0.25, -0.2) is 8.78 Å². The molecular weight excluding hydrogens is 510 g/mol. The molecule has 0 aliphatic carbocycles. The van der Waals surface area contributed by atoms with Gasteiger partial charge in [-0.1, -0.05) is 96.8 Å². The molecule has 222 valence electrons. The van der Waals surface area contributed by atoms with Crippen LogP contribution >= 0.6 is 0 Å². The minimum atomic E-state index is -0.222. The van der Waals surface area contributed by atoms with E-state index in [4.69, 9.17) is 0 Å². The van der Waals surface area contributed by atoms with E-state index in [1.54, 1.807) is 0 Å². The van der Waals surface area contributed by atoms with Crippen molar-refractivity contribution in [1.29, 1.82) is 0 Å². The van der Waals surface area contributed by atoms with Crippen LogP contribution in [0, 0.1) is 11.6 Å². The highest BCUT2D eigenvalue weighted by molar-refractivity contribution is 5.37. The summed E-state index contributed by atoms with van der Waals surface area (Å²) in [6, 6.07) is 20.8. The molecule has 0 aromatic heterocycles. The Hall–Kier alpha value is -2.56. The van der Waals surface area contributed by atoms with E-state index in [2.05, 4.69) is 69.5 Å². The Labute approximate surface area is 247 Å². The minimum Gasteiger partial charge on any atom is -0.301 e. The molecule has 0 N–H and O–H groups in total. The highest BCUT2D eigenvalue weighted by Crippen LogP contribution is 2.32. The van der Waals surface area contributed by atoms with E-state index in [0.29, 0.717) is 0 Å². The minimum absolute atomic E-state index is 0.146. The molecule has 41 heavy (non-hydrogen) atoms. The van der Waals surface area contributed by atoms with Crippen LogP contribution in [0.1, 0.15) is 101 Å². The Kier molecular flexibility index (Phi) is 10.4. The number of hydrogen-bond donors (Lipinski definition) is 0. The maximum Gasteiger partial charge on any atom is 0.123 e. The molecule has 1 aliphatic rings. The maximum absolute atomic E-state index is 13.5. The lowest BCUT2D eigenvalue weighted by atomic mass is 9.79. The predicted octanol–water partition coefficient (Wildman–Crippen LogP) is 9.07. The van der Waals surface area contributed by atoms with Gasteiger partial charge in [0, 0.05) is 38.6 Å². The van der Waals surface area contributed by atoms with E-state index in [1.165, 1.54) is 47.4 Å². The third kappa shape index (κ3) is 9.21. The molecule has 0 amide bonds. The van der Waals surface area contributed by atoms with Gasteiger partial charge in [-0.15, -0.1) is 0 Å². The lowest BCUT2D eigenvalue weighted by Crippen LogP contribution is -2.46. The van der Waals surface area contributed by atoms with Gasteiger partial charge < -0.3 is 4.90 Å². The second-order valence-electron chi connectivity index (χ2n) is 14.0. The number of unbranched alkanes of at least 4 members (excludes halogenated alkanes) is 2. The number of hydrogen-bond acceptors (Lipinski definition) is 2. The first-order chi connectivity index (χ1) is 19.4. The first-order valence-corrected chi connectivity index (χ1v) is 15.5. The van der Waals surface area contributed by atoms with Crippen molar-refractivity contribution < 1.29 is 8.78 Å². The van der Waals surface area contributed by atoms with Gasteiger partial charge in [-0.2, -0.15) is 0 Å². The fourth-order valence-electron chi connectivity index (χ4n) is 5.86. The van der Waals surface area contributed by atoms with E-state index in [9.17, 15) is 8.78 Å². The van der Waals surface area contributed by atoms with Crippen LogP contribution in [-0.2, 0) is 17.4 Å². The normalized spacial score (nSPS) is 15.5. The summed E-state index contributed by atoms with van der Waals surface area (Å²) in [7, 11) is 0. The highest BCUT2D eigenvalue weighted by atomic mass is 19.1. The van der Waals surface area contributed by atoms with Gasteiger partial charge in [0.25, 0.3) is 0 Å². The third-order valence-electron chi connectivity index (χ3n) is 8.61. The number of rotatable bonds is 10. The zero-order chi connectivity index (χ0) is 29.6. The Morgan fingerprint density at radius 1 is 0.610 bits per heavy atom. The number of benzene rings is 3. The molecule has 0 bridgehead atoms. The van der Waals surface area contributed by atoms with Crippen molar-refractivity contribution in [2.75, 3.05) is 32.7 Å². The zero-order valence-electron chi connectivity index (χ0n) is 26.1. The van der Waals surface area contributed by atoms with Crippen LogP contribution in [0.15, 0.2) is 66.7 Å². The van der Waals surface area contributed by atoms with E-state index >= 15 is 0 Å². The standard InChI is InChI=1S/C37H50F2N2/c1-36(2,3)31-24-28(25-32(26-31)37(4,5)6)27-41-22-20-40(21-23-41)19-9-7-8-10-35(29-11-15-33(38)16-12-29)30-13-17-34(39)18-14-30/h11-18,24-26,35H,7-10,19-23,27H2,1-6H3. The molecule has 0 spiro atoms. The first-order valence-electron chi connectivity index (χ1n) is 15.5. The molecule has 4 heteroatoms. The fourth-order valence-corrected chi connectivity index (χ4v) is 5.86. The van der Waals surface area contributed by atoms with Gasteiger partial charge in [-0.3, -0.25) is 4.90 Å². The van der Waals surface area contributed by atoms with E-state index in [-0.39, 0.29) is 28.4 Å². The van der Waals surface area contributed by atoms with Gasteiger partial charge in [0.2, 0.25) is 0 Å². The summed E-state index contributed by atoms with van der Waals surface area (Å²) in [6.45, 7) is 20.5. The van der Waals surface area contributed by atoms with Gasteiger partial charge in [0.05, 0.1) is 0 Å². The Morgan fingerprint density at radius 2 is 1.07 bits per heavy atom. The van der Waals surface area contributed by atoms with Crippen molar-refractivity contribution in [3.63, 3.8) is 0 Å². The fraction of sp³-hybridized carbons (Fsp3) is 0.514. The molecule has 1 heterocycles. The molecule has 1 saturated heterocycles. The molecule has 0 radical (unpaired) electrons. The van der Waals surface area contributed by atoms with Crippen molar-refractivity contribution in [3.8, 4) is 0 Å². The van der Waals surface area contributed by atoms with Crippen LogP contribution < -0.4 is 0 Å². The van der Waals surface area contributed by atoms with Gasteiger partial charge >= 0.3 is 0 Å². The van der Waals surface area contributed by atoms with Gasteiger partial charge in [-0.05, 0) is 82.3 Å². The monoisotopic (exact) mass is 560 g/mol. The average Bonchev–Trinajstić information content (AvgIpc) is 2.92. The Balaban J connectivity index is 1.24. The topological polar surface area (TPSA) is 6.48 Å². The second kappa shape index (κ2) is 13.6. The van der Waals surface area contributed by atoms with Crippen LogP contribution in [0.3, 0.4) is 0 Å². The van der Waals surface area contributed by atoms with Crippen molar-refractivity contribution in [2.24, 2.45) is 0 Å². The third-order valence-corrected chi connectivity index (χ3v) is 8.61. The quantitative estimate of drug-likeness (QED) is 0.228. The van der Waals surface area contributed by atoms with Crippen LogP contribution in [0.25, 0.3) is 0 Å². The zero-order valence-corrected chi connectivity index (χ0v) is 26.1. The highest BCUT2D eigenvalue weighted by Gasteiger charge is 2.22. The molecule has 4 rings (SSSR count). The van der Waals surface area contributed by atoms with Gasteiger partial charge in [0.15, 0.2) is 0 Å². The van der Waals surface area contributed by atoms with Crippen LogP contribution in [0.2, 0.25) is 0 Å². The van der Waals surface area contributed by atoms with Crippen molar-refractivity contribution >= 4 is 0 Å². The summed E-state index contributed by atoms with van der Waals surface area (Å²) in [5.74, 6) is -0.282. The molecule has 1 aliphatic heterocycles. The molecule has 3 aromatic rings. The smallest absolute Gasteiger partial charge is 0.123 e. The molecular formula is C37H50F2N2. The summed E-state index contributed by atoms with van der Waals surface area (Å²) in [6.07, 6.45) is 4.42. The lowest BCUT2D eigenvalue weighted by Gasteiger charge is -2.35. The summed E-state index contributed by atoms with van der Waals surface area (Å²) in [5, 5.41) is 0. The molecule has 0 unspecified atom stereocenters. The SMILES string of the molecule is CC(C)(C)c1cc(CN2CCN(CCCCCC(c3ccc(F)cc3)c3ccc(F)cc3)CC2)cc(C(C)(C)C)c1. The lowest BCUT2D eigenvalue weighted by molar-refractivity contribution is 0.125. The number of piperazine rings is 1. The first kappa shape index (κ1) is 31.4. The summed E-state index contributed by atoms with van der Waals surface area (Å²) in [5.41, 5.74) is 6.78. The van der Waals surface area contributed by atoms with Crippen molar-refractivity contribution in [1.82, 2.24) is 9.80 Å². The number of nitrogens with zero attached hydrogens (tertiary/aromatic N) is 2.